The van der Waals surface area contributed by atoms with Gasteiger partial charge < -0.3 is 0 Å². The predicted molar refractivity (Wildman–Crippen MR) is 222 cm³/mol. The minimum Gasteiger partial charge on any atom is -0.287 e. The Hall–Kier alpha value is -6.70. The summed E-state index contributed by atoms with van der Waals surface area (Å²) in [5.41, 5.74) is -26.0. The molecule has 75 heavy (non-hydrogen) atoms. The summed E-state index contributed by atoms with van der Waals surface area (Å²) in [7, 11) is 0. The first-order valence-electron chi connectivity index (χ1n) is 20.8. The van der Waals surface area contributed by atoms with Crippen molar-refractivity contribution >= 4 is 33.8 Å². The minimum absolute atomic E-state index is 0.149. The SMILES string of the molecule is Cc1cc(C)[n+](CC(=O)c2ccccc2)c(C)c1.FC(F)(F)c1cc([B-](c2cc(C(F)(F)F)cc(C(F)(F)F)c2)(c2cc(C(F)(F)F)cc(C(F)(F)F)c2)c2cc(C(F)(F)F)cc(C(F)(F)F)c2)cc(C(F)(F)F)c1. The molecule has 5 aromatic carbocycles. The quantitative estimate of drug-likeness (QED) is 0.0675. The highest BCUT2D eigenvalue weighted by Gasteiger charge is 2.47. The van der Waals surface area contributed by atoms with Gasteiger partial charge in [-0.15, -0.1) is 0 Å². The summed E-state index contributed by atoms with van der Waals surface area (Å²) < 4.78 is 343. The van der Waals surface area contributed by atoms with Crippen LogP contribution in [0.4, 0.5) is 105 Å². The summed E-state index contributed by atoms with van der Waals surface area (Å²) in [4.78, 5) is 12.2. The molecule has 0 saturated heterocycles. The molecule has 0 aliphatic rings. The van der Waals surface area contributed by atoms with E-state index in [1.165, 1.54) is 5.56 Å². The summed E-state index contributed by atoms with van der Waals surface area (Å²) in [6.07, 6.45) is -54.8. The van der Waals surface area contributed by atoms with Gasteiger partial charge in [0.1, 0.15) is 6.15 Å². The van der Waals surface area contributed by atoms with E-state index in [1.807, 2.05) is 44.2 Å². The van der Waals surface area contributed by atoms with Gasteiger partial charge in [0.15, 0.2) is 11.4 Å². The highest BCUT2D eigenvalue weighted by atomic mass is 19.4. The van der Waals surface area contributed by atoms with Crippen LogP contribution in [0.2, 0.25) is 0 Å². The lowest BCUT2D eigenvalue weighted by Gasteiger charge is -2.46. The van der Waals surface area contributed by atoms with Crippen molar-refractivity contribution in [3.63, 3.8) is 0 Å². The number of rotatable bonds is 7. The number of alkyl halides is 24. The van der Waals surface area contributed by atoms with E-state index in [0.29, 0.717) is 6.54 Å². The highest BCUT2D eigenvalue weighted by Crippen LogP contribution is 2.41. The van der Waals surface area contributed by atoms with Gasteiger partial charge in [0.05, 0.1) is 44.5 Å². The summed E-state index contributed by atoms with van der Waals surface area (Å²) >= 11 is 0. The number of aromatic nitrogens is 1. The fourth-order valence-corrected chi connectivity index (χ4v) is 8.31. The van der Waals surface area contributed by atoms with Crippen molar-refractivity contribution in [1.29, 1.82) is 0 Å². The number of hydrogen-bond donors (Lipinski definition) is 0. The second-order valence-corrected chi connectivity index (χ2v) is 16.9. The van der Waals surface area contributed by atoms with Gasteiger partial charge in [-0.1, -0.05) is 78.9 Å². The molecule has 0 atom stereocenters. The van der Waals surface area contributed by atoms with Gasteiger partial charge in [-0.2, -0.15) is 132 Å². The van der Waals surface area contributed by atoms with Crippen LogP contribution < -0.4 is 26.4 Å². The Labute approximate surface area is 407 Å². The maximum Gasteiger partial charge on any atom is 0.416 e. The van der Waals surface area contributed by atoms with Crippen molar-refractivity contribution in [2.75, 3.05) is 0 Å². The van der Waals surface area contributed by atoms with Crippen molar-refractivity contribution in [3.8, 4) is 0 Å². The number of nitrogens with zero attached hydrogens (tertiary/aromatic N) is 1. The minimum atomic E-state index is -6.13. The zero-order valence-corrected chi connectivity index (χ0v) is 37.7. The van der Waals surface area contributed by atoms with Crippen LogP contribution >= 0.6 is 0 Å². The van der Waals surface area contributed by atoms with E-state index in [2.05, 4.69) is 23.6 Å². The molecule has 0 amide bonds. The first kappa shape index (κ1) is 59.2. The van der Waals surface area contributed by atoms with Crippen LogP contribution in [0.15, 0.2) is 115 Å². The second-order valence-electron chi connectivity index (χ2n) is 16.9. The predicted octanol–water partition coefficient (Wildman–Crippen LogP) is 14.0. The number of benzene rings is 5. The topological polar surface area (TPSA) is 20.9 Å². The molecule has 0 saturated carbocycles. The van der Waals surface area contributed by atoms with Crippen LogP contribution in [-0.4, -0.2) is 11.9 Å². The third-order valence-corrected chi connectivity index (χ3v) is 11.6. The van der Waals surface area contributed by atoms with E-state index < -0.39 is 195 Å². The molecule has 6 rings (SSSR count). The lowest BCUT2D eigenvalue weighted by molar-refractivity contribution is -0.695. The van der Waals surface area contributed by atoms with Crippen molar-refractivity contribution in [1.82, 2.24) is 0 Å². The number of aryl methyl sites for hydroxylation is 3. The van der Waals surface area contributed by atoms with Gasteiger partial charge in [-0.05, 0) is 36.8 Å². The zero-order valence-electron chi connectivity index (χ0n) is 37.7. The molecule has 6 aromatic rings. The fraction of sp³-hybridized carbons (Fsp3) is 0.250. The molecule has 0 radical (unpaired) electrons. The summed E-state index contributed by atoms with van der Waals surface area (Å²) in [6, 6.07) is 4.83. The van der Waals surface area contributed by atoms with E-state index in [-0.39, 0.29) is 5.78 Å². The van der Waals surface area contributed by atoms with Gasteiger partial charge in [0, 0.05) is 31.5 Å². The highest BCUT2D eigenvalue weighted by molar-refractivity contribution is 7.20. The molecule has 0 unspecified atom stereocenters. The van der Waals surface area contributed by atoms with Crippen molar-refractivity contribution in [3.05, 3.63) is 182 Å². The van der Waals surface area contributed by atoms with E-state index in [1.54, 1.807) is 0 Å². The Balaban J connectivity index is 0.000000483. The number of halogens is 24. The van der Waals surface area contributed by atoms with E-state index in [9.17, 15) is 110 Å². The molecule has 0 aliphatic heterocycles. The molecule has 2 nitrogen and oxygen atoms in total. The van der Waals surface area contributed by atoms with Crippen LogP contribution in [0.1, 0.15) is 71.8 Å². The Morgan fingerprint density at radius 1 is 0.347 bits per heavy atom. The zero-order chi connectivity index (χ0) is 57.0. The number of Topliss-reactive ketones (excluding diaryl/α,β-unsaturated/α-hetero) is 1. The lowest BCUT2D eigenvalue weighted by atomic mass is 9.12. The molecule has 1 aromatic heterocycles. The van der Waals surface area contributed by atoms with E-state index in [0.717, 1.165) is 17.0 Å². The van der Waals surface area contributed by atoms with Crippen LogP contribution in [0.25, 0.3) is 0 Å². The maximum absolute atomic E-state index is 14.2. The number of hydrogen-bond acceptors (Lipinski definition) is 1. The van der Waals surface area contributed by atoms with Gasteiger partial charge in [0.25, 0.3) is 0 Å². The number of carbonyl (C=O) groups is 1. The van der Waals surface area contributed by atoms with Crippen molar-refractivity contribution < 1.29 is 115 Å². The Bertz CT molecular complexity index is 2600. The van der Waals surface area contributed by atoms with E-state index in [4.69, 9.17) is 0 Å². The largest absolute Gasteiger partial charge is 0.416 e. The molecule has 0 fully saturated rings. The molecule has 1 heterocycles. The molecule has 0 spiro atoms. The average Bonchev–Trinajstić information content (AvgIpc) is 3.25. The van der Waals surface area contributed by atoms with Gasteiger partial charge >= 0.3 is 49.4 Å². The van der Waals surface area contributed by atoms with Crippen LogP contribution in [0.3, 0.4) is 0 Å². The second kappa shape index (κ2) is 20.1. The Morgan fingerprint density at radius 2 is 0.560 bits per heavy atom. The fourth-order valence-electron chi connectivity index (χ4n) is 8.31. The van der Waals surface area contributed by atoms with Crippen molar-refractivity contribution in [2.24, 2.45) is 0 Å². The smallest absolute Gasteiger partial charge is 0.287 e. The third-order valence-electron chi connectivity index (χ3n) is 11.6. The van der Waals surface area contributed by atoms with Crippen molar-refractivity contribution in [2.45, 2.75) is 76.7 Å². The van der Waals surface area contributed by atoms with Crippen LogP contribution in [0.5, 0.6) is 0 Å². The van der Waals surface area contributed by atoms with Gasteiger partial charge in [-0.3, -0.25) is 4.79 Å². The lowest BCUT2D eigenvalue weighted by Crippen LogP contribution is -2.75. The number of ketones is 1. The average molecular weight is 1100 g/mol. The number of carbonyl (C=O) groups excluding carboxylic acids is 1. The molecule has 0 aliphatic carbocycles. The summed E-state index contributed by atoms with van der Waals surface area (Å²) in [5, 5.41) is 0. The monoisotopic (exact) mass is 1100 g/mol. The molecular formula is C48H30BF24NO. The summed E-state index contributed by atoms with van der Waals surface area (Å²) in [5.74, 6) is 0.149. The molecule has 404 valence electrons. The van der Waals surface area contributed by atoms with Gasteiger partial charge in [-0.25, -0.2) is 0 Å². The van der Waals surface area contributed by atoms with Crippen LogP contribution in [-0.2, 0) is 56.0 Å². The first-order chi connectivity index (χ1) is 33.8. The van der Waals surface area contributed by atoms with E-state index >= 15 is 0 Å². The normalized spacial score (nSPS) is 13.4. The molecule has 0 N–H and O–H groups in total. The summed E-state index contributed by atoms with van der Waals surface area (Å²) in [6.45, 7) is 6.56. The molecule has 0 bridgehead atoms. The Kier molecular flexibility index (Phi) is 15.9. The number of pyridine rings is 1. The molecular weight excluding hydrogens is 1070 g/mol. The Morgan fingerprint density at radius 3 is 0.760 bits per heavy atom. The standard InChI is InChI=1S/C32H12BF24.C16H18NO/c34-25(35,36)13-1-14(26(37,38)39)6-21(5-13)33(22-7-15(27(40,41)42)2-16(8-22)28(43,44)45,23-9-17(29(46,47)48)3-18(10-23)30(49,50)51)24-11-19(31(52,53)54)4-20(12-24)32(55,56)57;1-12-9-13(2)17(14(3)10-12)11-16(18)15-7-5-4-6-8-15/h1-12H;4-10H,11H2,1-3H3/q-1;+1. The first-order valence-corrected chi connectivity index (χ1v) is 20.8. The third kappa shape index (κ3) is 13.6. The van der Waals surface area contributed by atoms with Gasteiger partial charge in [0.2, 0.25) is 12.3 Å². The maximum atomic E-state index is 14.2. The molecule has 27 heteroatoms. The van der Waals surface area contributed by atoms with Crippen LogP contribution in [0, 0.1) is 20.8 Å².